The van der Waals surface area contributed by atoms with E-state index in [2.05, 4.69) is 6.07 Å². The van der Waals surface area contributed by atoms with Crippen molar-refractivity contribution in [1.82, 2.24) is 4.90 Å². The Kier molecular flexibility index (Phi) is 5.83. The predicted molar refractivity (Wildman–Crippen MR) is 113 cm³/mol. The van der Waals surface area contributed by atoms with Crippen LogP contribution in [0.4, 0.5) is 4.79 Å². The van der Waals surface area contributed by atoms with E-state index in [4.69, 9.17) is 32.7 Å². The standard InChI is InChI=1S/C22H25Cl2NO3/c1-22(2,3)28-21(26)25(4)18-12-15(13-9-10-16(23)17(24)11-13)14-7-6-8-19(27-5)20(14)18/h6-11,15,18H,12H2,1-5H3/t15-,18+/m0/s1. The highest BCUT2D eigenvalue weighted by Crippen LogP contribution is 2.50. The third kappa shape index (κ3) is 4.08. The summed E-state index contributed by atoms with van der Waals surface area (Å²) < 4.78 is 11.2. The van der Waals surface area contributed by atoms with Crippen LogP contribution in [-0.4, -0.2) is 30.8 Å². The van der Waals surface area contributed by atoms with Crippen molar-refractivity contribution < 1.29 is 14.3 Å². The highest BCUT2D eigenvalue weighted by atomic mass is 35.5. The van der Waals surface area contributed by atoms with E-state index in [-0.39, 0.29) is 18.1 Å². The Balaban J connectivity index is 2.02. The predicted octanol–water partition coefficient (Wildman–Crippen LogP) is 6.45. The van der Waals surface area contributed by atoms with Gasteiger partial charge in [0.1, 0.15) is 11.4 Å². The number of nitrogens with zero attached hydrogens (tertiary/aromatic N) is 1. The van der Waals surface area contributed by atoms with E-state index in [1.807, 2.05) is 51.1 Å². The van der Waals surface area contributed by atoms with Gasteiger partial charge in [-0.1, -0.05) is 41.4 Å². The lowest BCUT2D eigenvalue weighted by Crippen LogP contribution is -2.36. The van der Waals surface area contributed by atoms with E-state index in [0.29, 0.717) is 16.5 Å². The van der Waals surface area contributed by atoms with E-state index in [9.17, 15) is 4.79 Å². The van der Waals surface area contributed by atoms with Crippen molar-refractivity contribution in [2.45, 2.75) is 44.8 Å². The maximum atomic E-state index is 12.7. The largest absolute Gasteiger partial charge is 0.496 e. The first-order valence-corrected chi connectivity index (χ1v) is 9.95. The maximum absolute atomic E-state index is 12.7. The smallest absolute Gasteiger partial charge is 0.410 e. The van der Waals surface area contributed by atoms with E-state index in [0.717, 1.165) is 22.4 Å². The second-order valence-corrected chi connectivity index (χ2v) is 8.85. The Morgan fingerprint density at radius 3 is 2.46 bits per heavy atom. The van der Waals surface area contributed by atoms with Gasteiger partial charge in [-0.05, 0) is 56.5 Å². The number of hydrogen-bond acceptors (Lipinski definition) is 3. The fourth-order valence-corrected chi connectivity index (χ4v) is 4.03. The summed E-state index contributed by atoms with van der Waals surface area (Å²) in [5.74, 6) is 0.843. The van der Waals surface area contributed by atoms with Crippen molar-refractivity contribution >= 4 is 29.3 Å². The summed E-state index contributed by atoms with van der Waals surface area (Å²) >= 11 is 12.4. The highest BCUT2D eigenvalue weighted by Gasteiger charge is 2.39. The lowest BCUT2D eigenvalue weighted by Gasteiger charge is -2.29. The van der Waals surface area contributed by atoms with Crippen molar-refractivity contribution in [3.63, 3.8) is 0 Å². The molecule has 0 N–H and O–H groups in total. The Morgan fingerprint density at radius 2 is 1.86 bits per heavy atom. The van der Waals surface area contributed by atoms with Crippen LogP contribution in [-0.2, 0) is 4.74 Å². The zero-order chi connectivity index (χ0) is 20.6. The van der Waals surface area contributed by atoms with E-state index >= 15 is 0 Å². The SMILES string of the molecule is COc1cccc2c1[C@H](N(C)C(=O)OC(C)(C)C)C[C@H]2c1ccc(Cl)c(Cl)c1. The van der Waals surface area contributed by atoms with Gasteiger partial charge in [0, 0.05) is 18.5 Å². The molecule has 1 aliphatic carbocycles. The molecule has 28 heavy (non-hydrogen) atoms. The normalized spacial score (nSPS) is 18.5. The summed E-state index contributed by atoms with van der Waals surface area (Å²) in [6.07, 6.45) is 0.354. The third-order valence-electron chi connectivity index (χ3n) is 4.98. The van der Waals surface area contributed by atoms with Gasteiger partial charge < -0.3 is 14.4 Å². The quantitative estimate of drug-likeness (QED) is 0.571. The van der Waals surface area contributed by atoms with Gasteiger partial charge in [-0.15, -0.1) is 0 Å². The van der Waals surface area contributed by atoms with Crippen LogP contribution in [0.3, 0.4) is 0 Å². The van der Waals surface area contributed by atoms with Crippen LogP contribution in [0.15, 0.2) is 36.4 Å². The van der Waals surface area contributed by atoms with Crippen LogP contribution in [0.25, 0.3) is 0 Å². The number of amides is 1. The number of ether oxygens (including phenoxy) is 2. The van der Waals surface area contributed by atoms with Crippen LogP contribution in [0.5, 0.6) is 5.75 Å². The molecule has 4 nitrogen and oxygen atoms in total. The third-order valence-corrected chi connectivity index (χ3v) is 5.72. The molecule has 0 fully saturated rings. The molecule has 1 amide bonds. The lowest BCUT2D eigenvalue weighted by atomic mass is 9.93. The monoisotopic (exact) mass is 421 g/mol. The van der Waals surface area contributed by atoms with Crippen molar-refractivity contribution in [1.29, 1.82) is 0 Å². The second-order valence-electron chi connectivity index (χ2n) is 8.03. The Hall–Kier alpha value is -1.91. The summed E-state index contributed by atoms with van der Waals surface area (Å²) in [4.78, 5) is 14.4. The van der Waals surface area contributed by atoms with E-state index in [1.54, 1.807) is 19.1 Å². The Bertz CT molecular complexity index is 892. The summed E-state index contributed by atoms with van der Waals surface area (Å²) in [6.45, 7) is 5.58. The molecule has 1 aliphatic rings. The number of methoxy groups -OCH3 is 1. The molecule has 0 aliphatic heterocycles. The van der Waals surface area contributed by atoms with Crippen molar-refractivity contribution in [2.75, 3.05) is 14.2 Å². The molecular formula is C22H25Cl2NO3. The molecule has 0 saturated heterocycles. The molecule has 0 spiro atoms. The molecule has 2 atom stereocenters. The molecule has 2 aromatic rings. The number of benzene rings is 2. The van der Waals surface area contributed by atoms with Gasteiger partial charge in [0.05, 0.1) is 23.2 Å². The molecule has 2 aromatic carbocycles. The summed E-state index contributed by atoms with van der Waals surface area (Å²) in [5.41, 5.74) is 2.63. The van der Waals surface area contributed by atoms with Crippen molar-refractivity contribution in [3.05, 3.63) is 63.1 Å². The Morgan fingerprint density at radius 1 is 1.14 bits per heavy atom. The van der Waals surface area contributed by atoms with Crippen molar-refractivity contribution in [3.8, 4) is 5.75 Å². The van der Waals surface area contributed by atoms with Gasteiger partial charge in [-0.3, -0.25) is 0 Å². The molecule has 6 heteroatoms. The Labute approximate surface area is 176 Å². The second kappa shape index (κ2) is 7.84. The van der Waals surface area contributed by atoms with Crippen LogP contribution >= 0.6 is 23.2 Å². The highest BCUT2D eigenvalue weighted by molar-refractivity contribution is 6.42. The number of fused-ring (bicyclic) bond motifs is 1. The molecule has 0 heterocycles. The van der Waals surface area contributed by atoms with Gasteiger partial charge in [0.15, 0.2) is 0 Å². The first-order chi connectivity index (χ1) is 13.1. The van der Waals surface area contributed by atoms with Gasteiger partial charge in [-0.2, -0.15) is 0 Å². The van der Waals surface area contributed by atoms with Crippen LogP contribution in [0, 0.1) is 0 Å². The number of carbonyl (C=O) groups is 1. The molecule has 0 unspecified atom stereocenters. The van der Waals surface area contributed by atoms with Crippen molar-refractivity contribution in [2.24, 2.45) is 0 Å². The maximum Gasteiger partial charge on any atom is 0.410 e. The van der Waals surface area contributed by atoms with Crippen LogP contribution < -0.4 is 4.74 Å². The minimum atomic E-state index is -0.559. The average molecular weight is 422 g/mol. The first kappa shape index (κ1) is 20.8. The molecule has 0 bridgehead atoms. The molecule has 150 valence electrons. The minimum Gasteiger partial charge on any atom is -0.496 e. The first-order valence-electron chi connectivity index (χ1n) is 9.20. The van der Waals surface area contributed by atoms with Crippen LogP contribution in [0.1, 0.15) is 55.8 Å². The zero-order valence-electron chi connectivity index (χ0n) is 16.8. The molecule has 0 radical (unpaired) electrons. The van der Waals surface area contributed by atoms with E-state index < -0.39 is 5.60 Å². The van der Waals surface area contributed by atoms with Gasteiger partial charge >= 0.3 is 6.09 Å². The number of halogens is 2. The molecule has 0 aromatic heterocycles. The fourth-order valence-electron chi connectivity index (χ4n) is 3.73. The number of carbonyl (C=O) groups excluding carboxylic acids is 1. The van der Waals surface area contributed by atoms with E-state index in [1.165, 1.54) is 0 Å². The molecular weight excluding hydrogens is 397 g/mol. The van der Waals surface area contributed by atoms with Gasteiger partial charge in [0.25, 0.3) is 0 Å². The van der Waals surface area contributed by atoms with Gasteiger partial charge in [0.2, 0.25) is 0 Å². The lowest BCUT2D eigenvalue weighted by molar-refractivity contribution is 0.0217. The fraction of sp³-hybridized carbons (Fsp3) is 0.409. The number of rotatable bonds is 3. The molecule has 0 saturated carbocycles. The average Bonchev–Trinajstić information content (AvgIpc) is 3.01. The van der Waals surface area contributed by atoms with Crippen LogP contribution in [0.2, 0.25) is 10.0 Å². The minimum absolute atomic E-state index is 0.0785. The zero-order valence-corrected chi connectivity index (χ0v) is 18.3. The molecule has 3 rings (SSSR count). The van der Waals surface area contributed by atoms with Gasteiger partial charge in [-0.25, -0.2) is 4.79 Å². The summed E-state index contributed by atoms with van der Waals surface area (Å²) in [6, 6.07) is 11.5. The number of hydrogen-bond donors (Lipinski definition) is 0. The topological polar surface area (TPSA) is 38.8 Å². The summed E-state index contributed by atoms with van der Waals surface area (Å²) in [5, 5.41) is 1.05. The summed E-state index contributed by atoms with van der Waals surface area (Å²) in [7, 11) is 3.42.